The maximum atomic E-state index is 12.6. The number of aliphatic hydroxyl groups excluding tert-OH is 1. The Balaban J connectivity index is 2.81. The van der Waals surface area contributed by atoms with Crippen LogP contribution in [0.4, 0.5) is 13.2 Å². The van der Waals surface area contributed by atoms with Crippen molar-refractivity contribution in [3.63, 3.8) is 0 Å². The quantitative estimate of drug-likeness (QED) is 0.769. The van der Waals surface area contributed by atoms with E-state index in [0.717, 1.165) is 25.0 Å². The molecule has 0 spiro atoms. The van der Waals surface area contributed by atoms with Crippen molar-refractivity contribution in [3.05, 3.63) is 33.8 Å². The third kappa shape index (κ3) is 5.15. The molecule has 0 saturated heterocycles. The summed E-state index contributed by atoms with van der Waals surface area (Å²) in [6.07, 6.45) is -3.03. The van der Waals surface area contributed by atoms with E-state index in [1.165, 1.54) is 6.07 Å². The van der Waals surface area contributed by atoms with Gasteiger partial charge in [0.1, 0.15) is 0 Å². The van der Waals surface area contributed by atoms with Crippen molar-refractivity contribution >= 4 is 15.9 Å². The summed E-state index contributed by atoms with van der Waals surface area (Å²) in [7, 11) is 0. The average molecular weight is 339 g/mol. The SMILES string of the molecule is CC(C)CCCC(O)c1cc(C(F)(F)F)ccc1Br. The van der Waals surface area contributed by atoms with Crippen LogP contribution in [0.25, 0.3) is 0 Å². The smallest absolute Gasteiger partial charge is 0.388 e. The van der Waals surface area contributed by atoms with Gasteiger partial charge in [-0.25, -0.2) is 0 Å². The molecule has 0 amide bonds. The van der Waals surface area contributed by atoms with Crippen LogP contribution in [-0.2, 0) is 6.18 Å². The first-order valence-corrected chi connectivity index (χ1v) is 7.06. The summed E-state index contributed by atoms with van der Waals surface area (Å²) >= 11 is 3.19. The molecule has 1 rings (SSSR count). The second-order valence-corrected chi connectivity index (χ2v) is 5.93. The minimum absolute atomic E-state index is 0.304. The molecule has 0 aliphatic heterocycles. The number of benzene rings is 1. The van der Waals surface area contributed by atoms with E-state index in [0.29, 0.717) is 22.4 Å². The van der Waals surface area contributed by atoms with Crippen molar-refractivity contribution in [1.82, 2.24) is 0 Å². The summed E-state index contributed by atoms with van der Waals surface area (Å²) in [5.41, 5.74) is -0.424. The monoisotopic (exact) mass is 338 g/mol. The average Bonchev–Trinajstić information content (AvgIpc) is 2.27. The van der Waals surface area contributed by atoms with Crippen molar-refractivity contribution in [2.75, 3.05) is 0 Å². The Morgan fingerprint density at radius 1 is 1.21 bits per heavy atom. The maximum absolute atomic E-state index is 12.6. The van der Waals surface area contributed by atoms with Crippen molar-refractivity contribution in [3.8, 4) is 0 Å². The van der Waals surface area contributed by atoms with E-state index in [9.17, 15) is 18.3 Å². The normalized spacial score (nSPS) is 13.9. The summed E-state index contributed by atoms with van der Waals surface area (Å²) in [5.74, 6) is 0.525. The van der Waals surface area contributed by atoms with Crippen LogP contribution in [0.15, 0.2) is 22.7 Å². The third-order valence-electron chi connectivity index (χ3n) is 2.94. The number of aliphatic hydroxyl groups is 1. The van der Waals surface area contributed by atoms with Crippen LogP contribution in [0.3, 0.4) is 0 Å². The fourth-order valence-corrected chi connectivity index (χ4v) is 2.36. The Morgan fingerprint density at radius 3 is 2.37 bits per heavy atom. The number of alkyl halides is 3. The van der Waals surface area contributed by atoms with Gasteiger partial charge in [-0.2, -0.15) is 13.2 Å². The zero-order valence-corrected chi connectivity index (χ0v) is 12.6. The van der Waals surface area contributed by atoms with E-state index in [2.05, 4.69) is 29.8 Å². The van der Waals surface area contributed by atoms with Gasteiger partial charge in [0, 0.05) is 4.47 Å². The zero-order valence-electron chi connectivity index (χ0n) is 11.0. The highest BCUT2D eigenvalue weighted by molar-refractivity contribution is 9.10. The van der Waals surface area contributed by atoms with E-state index >= 15 is 0 Å². The fraction of sp³-hybridized carbons (Fsp3) is 0.571. The van der Waals surface area contributed by atoms with Gasteiger partial charge in [-0.15, -0.1) is 0 Å². The van der Waals surface area contributed by atoms with E-state index in [4.69, 9.17) is 0 Å². The highest BCUT2D eigenvalue weighted by Gasteiger charge is 2.31. The predicted molar refractivity (Wildman–Crippen MR) is 72.8 cm³/mol. The Morgan fingerprint density at radius 2 is 1.84 bits per heavy atom. The lowest BCUT2D eigenvalue weighted by Crippen LogP contribution is -2.07. The summed E-state index contributed by atoms with van der Waals surface area (Å²) in [6.45, 7) is 4.15. The number of hydrogen-bond donors (Lipinski definition) is 1. The number of rotatable bonds is 5. The molecule has 0 bridgehead atoms. The number of hydrogen-bond acceptors (Lipinski definition) is 1. The van der Waals surface area contributed by atoms with Gasteiger partial charge in [0.25, 0.3) is 0 Å². The minimum atomic E-state index is -4.38. The molecule has 1 unspecified atom stereocenters. The topological polar surface area (TPSA) is 20.2 Å². The molecule has 0 heterocycles. The van der Waals surface area contributed by atoms with Crippen LogP contribution < -0.4 is 0 Å². The Kier molecular flexibility index (Phi) is 5.86. The third-order valence-corrected chi connectivity index (χ3v) is 3.66. The summed E-state index contributed by atoms with van der Waals surface area (Å²) in [4.78, 5) is 0. The van der Waals surface area contributed by atoms with Crippen LogP contribution in [0.5, 0.6) is 0 Å². The summed E-state index contributed by atoms with van der Waals surface area (Å²) in [6, 6.07) is 3.36. The zero-order chi connectivity index (χ0) is 14.6. The van der Waals surface area contributed by atoms with Crippen LogP contribution in [0.1, 0.15) is 50.3 Å². The first kappa shape index (κ1) is 16.5. The van der Waals surface area contributed by atoms with E-state index in [-0.39, 0.29) is 0 Å². The molecule has 1 aromatic rings. The Labute approximate surface area is 120 Å². The molecule has 0 aliphatic rings. The highest BCUT2D eigenvalue weighted by atomic mass is 79.9. The van der Waals surface area contributed by atoms with Gasteiger partial charge >= 0.3 is 6.18 Å². The fourth-order valence-electron chi connectivity index (χ4n) is 1.85. The van der Waals surface area contributed by atoms with Crippen LogP contribution in [0.2, 0.25) is 0 Å². The maximum Gasteiger partial charge on any atom is 0.416 e. The van der Waals surface area contributed by atoms with Crippen LogP contribution in [-0.4, -0.2) is 5.11 Å². The Bertz CT molecular complexity index is 416. The molecular weight excluding hydrogens is 321 g/mol. The van der Waals surface area contributed by atoms with Gasteiger partial charge in [-0.05, 0) is 36.1 Å². The first-order valence-electron chi connectivity index (χ1n) is 6.26. The van der Waals surface area contributed by atoms with E-state index < -0.39 is 17.8 Å². The van der Waals surface area contributed by atoms with Crippen molar-refractivity contribution in [2.45, 2.75) is 45.4 Å². The van der Waals surface area contributed by atoms with Crippen molar-refractivity contribution in [2.24, 2.45) is 5.92 Å². The van der Waals surface area contributed by atoms with Gasteiger partial charge in [0.05, 0.1) is 11.7 Å². The molecule has 1 atom stereocenters. The minimum Gasteiger partial charge on any atom is -0.388 e. The molecule has 1 aromatic carbocycles. The summed E-state index contributed by atoms with van der Waals surface area (Å²) in [5, 5.41) is 10.0. The van der Waals surface area contributed by atoms with Gasteiger partial charge in [-0.3, -0.25) is 0 Å². The van der Waals surface area contributed by atoms with Crippen molar-refractivity contribution < 1.29 is 18.3 Å². The van der Waals surface area contributed by atoms with E-state index in [1.54, 1.807) is 0 Å². The molecule has 5 heteroatoms. The highest BCUT2D eigenvalue weighted by Crippen LogP contribution is 2.35. The molecule has 0 radical (unpaired) electrons. The molecule has 1 N–H and O–H groups in total. The molecule has 1 nitrogen and oxygen atoms in total. The van der Waals surface area contributed by atoms with Gasteiger partial charge < -0.3 is 5.11 Å². The van der Waals surface area contributed by atoms with Crippen LogP contribution >= 0.6 is 15.9 Å². The molecule has 0 aliphatic carbocycles. The van der Waals surface area contributed by atoms with E-state index in [1.807, 2.05) is 0 Å². The lowest BCUT2D eigenvalue weighted by Gasteiger charge is -2.16. The van der Waals surface area contributed by atoms with Crippen molar-refractivity contribution in [1.29, 1.82) is 0 Å². The lowest BCUT2D eigenvalue weighted by molar-refractivity contribution is -0.137. The number of halogens is 4. The second-order valence-electron chi connectivity index (χ2n) is 5.07. The Hall–Kier alpha value is -0.550. The van der Waals surface area contributed by atoms with Crippen LogP contribution in [0, 0.1) is 5.92 Å². The molecule has 0 fully saturated rings. The molecule has 108 valence electrons. The molecule has 0 saturated carbocycles. The standard InChI is InChI=1S/C14H18BrF3O/c1-9(2)4-3-5-13(19)11-8-10(14(16,17)18)6-7-12(11)15/h6-9,13,19H,3-5H2,1-2H3. The van der Waals surface area contributed by atoms with Gasteiger partial charge in [-0.1, -0.05) is 42.6 Å². The second kappa shape index (κ2) is 6.75. The van der Waals surface area contributed by atoms with Gasteiger partial charge in [0.2, 0.25) is 0 Å². The summed E-state index contributed by atoms with van der Waals surface area (Å²) < 4.78 is 38.4. The largest absolute Gasteiger partial charge is 0.416 e. The molecule has 19 heavy (non-hydrogen) atoms. The first-order chi connectivity index (χ1) is 8.71. The predicted octanol–water partition coefficient (Wildman–Crippen LogP) is 5.33. The molecular formula is C14H18BrF3O. The van der Waals surface area contributed by atoms with Gasteiger partial charge in [0.15, 0.2) is 0 Å². The lowest BCUT2D eigenvalue weighted by atomic mass is 9.99. The molecule has 0 aromatic heterocycles.